The van der Waals surface area contributed by atoms with Gasteiger partial charge >= 0.3 is 5.97 Å². The molecule has 1 aliphatic carbocycles. The average molecular weight is 419 g/mol. The zero-order valence-corrected chi connectivity index (χ0v) is 17.1. The number of carbonyl (C=O) groups is 2. The number of ether oxygens (including phenoxy) is 2. The van der Waals surface area contributed by atoms with Crippen LogP contribution in [0.4, 0.5) is 0 Å². The van der Waals surface area contributed by atoms with Gasteiger partial charge in [-0.15, -0.1) is 0 Å². The smallest absolute Gasteiger partial charge is 0.341 e. The molecule has 3 aliphatic rings. The Bertz CT molecular complexity index is 773. The minimum Gasteiger partial charge on any atom is -0.462 e. The number of rotatable bonds is 3. The van der Waals surface area contributed by atoms with E-state index < -0.39 is 12.0 Å². The van der Waals surface area contributed by atoms with Gasteiger partial charge in [-0.2, -0.15) is 0 Å². The molecular formula is C17H20Cl2N2O4S. The van der Waals surface area contributed by atoms with Crippen LogP contribution in [-0.2, 0) is 19.1 Å². The molecule has 0 aromatic carbocycles. The Morgan fingerprint density at radius 2 is 2.12 bits per heavy atom. The Balaban J connectivity index is 2.13. The van der Waals surface area contributed by atoms with E-state index in [0.29, 0.717) is 34.4 Å². The van der Waals surface area contributed by atoms with Crippen molar-refractivity contribution in [3.63, 3.8) is 0 Å². The molecule has 0 radical (unpaired) electrons. The number of esters is 1. The SMILES string of the molecule is CCOC(=O)C1=C(N)OC2=C(C(=O)CC(C)(C)C2)C1N1CSC(Cl)=C1Cl. The molecule has 0 aromatic rings. The van der Waals surface area contributed by atoms with Gasteiger partial charge in [0.25, 0.3) is 0 Å². The van der Waals surface area contributed by atoms with Crippen molar-refractivity contribution >= 4 is 46.7 Å². The maximum absolute atomic E-state index is 13.0. The molecule has 6 nitrogen and oxygen atoms in total. The van der Waals surface area contributed by atoms with Crippen LogP contribution in [0.3, 0.4) is 0 Å². The van der Waals surface area contributed by atoms with Crippen LogP contribution >= 0.6 is 35.0 Å². The summed E-state index contributed by atoms with van der Waals surface area (Å²) in [6.45, 7) is 5.85. The summed E-state index contributed by atoms with van der Waals surface area (Å²) in [6.07, 6.45) is 0.884. The summed E-state index contributed by atoms with van der Waals surface area (Å²) in [6, 6.07) is -0.766. The first-order valence-electron chi connectivity index (χ1n) is 8.22. The first kappa shape index (κ1) is 19.5. The zero-order chi connectivity index (χ0) is 19.2. The Hall–Kier alpha value is -1.31. The number of nitrogens with two attached hydrogens (primary N) is 1. The van der Waals surface area contributed by atoms with Crippen molar-refractivity contribution in [3.05, 3.63) is 32.3 Å². The van der Waals surface area contributed by atoms with Gasteiger partial charge in [0, 0.05) is 12.8 Å². The topological polar surface area (TPSA) is 81.9 Å². The molecular weight excluding hydrogens is 399 g/mol. The second-order valence-corrected chi connectivity index (χ2v) is 9.00. The van der Waals surface area contributed by atoms with Crippen LogP contribution in [0.5, 0.6) is 0 Å². The molecule has 26 heavy (non-hydrogen) atoms. The molecule has 0 aromatic heterocycles. The Morgan fingerprint density at radius 1 is 1.42 bits per heavy atom. The van der Waals surface area contributed by atoms with E-state index in [2.05, 4.69) is 0 Å². The number of thioether (sulfide) groups is 1. The highest BCUT2D eigenvalue weighted by Crippen LogP contribution is 2.47. The molecule has 3 rings (SSSR count). The number of Topliss-reactive ketones (excluding diaryl/α,β-unsaturated/α-hetero) is 1. The maximum atomic E-state index is 13.0. The number of ketones is 1. The molecule has 0 spiro atoms. The van der Waals surface area contributed by atoms with Crippen LogP contribution in [0.15, 0.2) is 32.3 Å². The van der Waals surface area contributed by atoms with Gasteiger partial charge in [0.15, 0.2) is 5.78 Å². The van der Waals surface area contributed by atoms with E-state index in [1.807, 2.05) is 13.8 Å². The fourth-order valence-electron chi connectivity index (χ4n) is 3.42. The van der Waals surface area contributed by atoms with Gasteiger partial charge in [0.2, 0.25) is 5.88 Å². The van der Waals surface area contributed by atoms with E-state index >= 15 is 0 Å². The summed E-state index contributed by atoms with van der Waals surface area (Å²) in [5, 5.41) is 0.280. The number of nitrogens with zero attached hydrogens (tertiary/aromatic N) is 1. The summed E-state index contributed by atoms with van der Waals surface area (Å²) in [5.41, 5.74) is 6.32. The summed E-state index contributed by atoms with van der Waals surface area (Å²) in [5.74, 6) is 0.102. The lowest BCUT2D eigenvalue weighted by Gasteiger charge is -2.41. The standard InChI is InChI=1S/C17H20Cl2N2O4S/c1-4-24-16(23)11-12(21-7-26-14(19)13(21)18)10-8(22)5-17(2,3)6-9(10)25-15(11)20/h12H,4-7,20H2,1-3H3. The van der Waals surface area contributed by atoms with Crippen LogP contribution in [0.1, 0.15) is 33.6 Å². The van der Waals surface area contributed by atoms with Gasteiger partial charge < -0.3 is 20.1 Å². The number of hydrogen-bond acceptors (Lipinski definition) is 7. The molecule has 142 valence electrons. The van der Waals surface area contributed by atoms with E-state index in [4.69, 9.17) is 38.4 Å². The molecule has 1 unspecified atom stereocenters. The predicted molar refractivity (Wildman–Crippen MR) is 101 cm³/mol. The van der Waals surface area contributed by atoms with Crippen LogP contribution < -0.4 is 5.73 Å². The highest BCUT2D eigenvalue weighted by Gasteiger charge is 2.48. The molecule has 0 fully saturated rings. The van der Waals surface area contributed by atoms with Crippen molar-refractivity contribution in [1.29, 1.82) is 0 Å². The number of hydrogen-bond donors (Lipinski definition) is 1. The number of allylic oxidation sites excluding steroid dienone is 1. The number of halogens is 2. The van der Waals surface area contributed by atoms with Gasteiger partial charge in [0.1, 0.15) is 26.9 Å². The lowest BCUT2D eigenvalue weighted by molar-refractivity contribution is -0.139. The van der Waals surface area contributed by atoms with Crippen molar-refractivity contribution in [2.24, 2.45) is 11.1 Å². The minimum atomic E-state index is -0.766. The van der Waals surface area contributed by atoms with Crippen LogP contribution in [0, 0.1) is 5.41 Å². The van der Waals surface area contributed by atoms with Crippen LogP contribution in [0.25, 0.3) is 0 Å². The van der Waals surface area contributed by atoms with Gasteiger partial charge in [-0.05, 0) is 12.3 Å². The predicted octanol–water partition coefficient (Wildman–Crippen LogP) is 3.37. The molecule has 0 saturated carbocycles. The van der Waals surface area contributed by atoms with Gasteiger partial charge in [-0.3, -0.25) is 4.79 Å². The molecule has 2 aliphatic heterocycles. The van der Waals surface area contributed by atoms with Crippen molar-refractivity contribution in [3.8, 4) is 0 Å². The highest BCUT2D eigenvalue weighted by molar-refractivity contribution is 8.04. The van der Waals surface area contributed by atoms with E-state index in [1.54, 1.807) is 11.8 Å². The van der Waals surface area contributed by atoms with Crippen LogP contribution in [0.2, 0.25) is 0 Å². The fourth-order valence-corrected chi connectivity index (χ4v) is 4.83. The molecule has 2 heterocycles. The average Bonchev–Trinajstić information content (AvgIpc) is 2.84. The lowest BCUT2D eigenvalue weighted by atomic mass is 9.73. The molecule has 1 atom stereocenters. The molecule has 9 heteroatoms. The van der Waals surface area contributed by atoms with Crippen molar-refractivity contribution in [2.75, 3.05) is 12.5 Å². The second-order valence-electron chi connectivity index (χ2n) is 7.09. The zero-order valence-electron chi connectivity index (χ0n) is 14.7. The monoisotopic (exact) mass is 418 g/mol. The summed E-state index contributed by atoms with van der Waals surface area (Å²) >= 11 is 13.8. The fraction of sp³-hybridized carbons (Fsp3) is 0.529. The van der Waals surface area contributed by atoms with E-state index in [-0.39, 0.29) is 34.4 Å². The first-order chi connectivity index (χ1) is 12.2. The quantitative estimate of drug-likeness (QED) is 0.555. The van der Waals surface area contributed by atoms with Gasteiger partial charge in [-0.25, -0.2) is 4.79 Å². The Kier molecular flexibility index (Phi) is 5.25. The van der Waals surface area contributed by atoms with E-state index in [9.17, 15) is 9.59 Å². The summed E-state index contributed by atoms with van der Waals surface area (Å²) < 4.78 is 11.3. The largest absolute Gasteiger partial charge is 0.462 e. The minimum absolute atomic E-state index is 0.0600. The summed E-state index contributed by atoms with van der Waals surface area (Å²) in [4.78, 5) is 27.2. The van der Waals surface area contributed by atoms with E-state index in [1.165, 1.54) is 11.8 Å². The third-order valence-electron chi connectivity index (χ3n) is 4.48. The Labute approximate surface area is 166 Å². The van der Waals surface area contributed by atoms with Crippen LogP contribution in [-0.4, -0.2) is 35.2 Å². The van der Waals surface area contributed by atoms with Crippen molar-refractivity contribution in [1.82, 2.24) is 4.90 Å². The molecule has 0 bridgehead atoms. The normalized spacial score (nSPS) is 25.5. The van der Waals surface area contributed by atoms with Gasteiger partial charge in [-0.1, -0.05) is 48.8 Å². The molecule has 0 amide bonds. The molecule has 2 N–H and O–H groups in total. The highest BCUT2D eigenvalue weighted by atomic mass is 35.5. The third kappa shape index (κ3) is 3.32. The van der Waals surface area contributed by atoms with E-state index in [0.717, 1.165) is 0 Å². The first-order valence-corrected chi connectivity index (χ1v) is 9.96. The maximum Gasteiger partial charge on any atom is 0.341 e. The van der Waals surface area contributed by atoms with Gasteiger partial charge in [0.05, 0.1) is 18.1 Å². The van der Waals surface area contributed by atoms with Crippen molar-refractivity contribution in [2.45, 2.75) is 39.7 Å². The van der Waals surface area contributed by atoms with Crippen molar-refractivity contribution < 1.29 is 19.1 Å². The summed E-state index contributed by atoms with van der Waals surface area (Å²) in [7, 11) is 0. The lowest BCUT2D eigenvalue weighted by Crippen LogP contribution is -2.46. The number of carbonyl (C=O) groups excluding carboxylic acids is 2. The third-order valence-corrected chi connectivity index (χ3v) is 6.45. The Morgan fingerprint density at radius 3 is 2.69 bits per heavy atom. The second kappa shape index (κ2) is 7.02. The molecule has 0 saturated heterocycles.